The molecule has 0 saturated carbocycles. The van der Waals surface area contributed by atoms with E-state index < -0.39 is 0 Å². The van der Waals surface area contributed by atoms with Gasteiger partial charge in [-0.3, -0.25) is 20.1 Å². The first-order valence-corrected chi connectivity index (χ1v) is 12.9. The van der Waals surface area contributed by atoms with Crippen LogP contribution in [-0.2, 0) is 6.42 Å². The SMILES string of the molecule is C=C(Cc1ccccc1)Nc1cncc(-c2cnc3n[nH]c(-c4cc5c(-c6ccncc6)cncc5[nH]4)c3c2)c1. The van der Waals surface area contributed by atoms with Crippen LogP contribution in [-0.4, -0.2) is 35.1 Å². The van der Waals surface area contributed by atoms with Gasteiger partial charge in [0.1, 0.15) is 0 Å². The summed E-state index contributed by atoms with van der Waals surface area (Å²) in [6, 6.07) is 20.5. The predicted octanol–water partition coefficient (Wildman–Crippen LogP) is 6.79. The number of rotatable bonds is 7. The number of hydrogen-bond acceptors (Lipinski definition) is 6. The molecular formula is C32H24N8. The van der Waals surface area contributed by atoms with E-state index >= 15 is 0 Å². The summed E-state index contributed by atoms with van der Waals surface area (Å²) in [6.07, 6.45) is 13.5. The summed E-state index contributed by atoms with van der Waals surface area (Å²) in [7, 11) is 0. The molecule has 8 nitrogen and oxygen atoms in total. The molecule has 3 N–H and O–H groups in total. The van der Waals surface area contributed by atoms with E-state index in [0.29, 0.717) is 5.65 Å². The Kier molecular flexibility index (Phi) is 5.82. The van der Waals surface area contributed by atoms with E-state index in [-0.39, 0.29) is 0 Å². The average Bonchev–Trinajstić information content (AvgIpc) is 3.62. The summed E-state index contributed by atoms with van der Waals surface area (Å²) >= 11 is 0. The molecule has 192 valence electrons. The van der Waals surface area contributed by atoms with Gasteiger partial charge in [0, 0.05) is 70.6 Å². The summed E-state index contributed by atoms with van der Waals surface area (Å²) in [5.74, 6) is 0. The monoisotopic (exact) mass is 520 g/mol. The highest BCUT2D eigenvalue weighted by Crippen LogP contribution is 2.34. The van der Waals surface area contributed by atoms with E-state index in [4.69, 9.17) is 0 Å². The van der Waals surface area contributed by atoms with Crippen molar-refractivity contribution in [1.29, 1.82) is 0 Å². The van der Waals surface area contributed by atoms with E-state index in [1.54, 1.807) is 18.6 Å². The van der Waals surface area contributed by atoms with Crippen molar-refractivity contribution in [2.45, 2.75) is 6.42 Å². The zero-order valence-electron chi connectivity index (χ0n) is 21.5. The van der Waals surface area contributed by atoms with Crippen LogP contribution in [0.3, 0.4) is 0 Å². The molecule has 7 rings (SSSR count). The first-order valence-electron chi connectivity index (χ1n) is 12.9. The number of H-pyrrole nitrogens is 2. The minimum Gasteiger partial charge on any atom is -0.358 e. The Bertz CT molecular complexity index is 1970. The van der Waals surface area contributed by atoms with Gasteiger partial charge < -0.3 is 10.3 Å². The van der Waals surface area contributed by atoms with Crippen molar-refractivity contribution in [2.75, 3.05) is 5.32 Å². The normalized spacial score (nSPS) is 11.2. The minimum absolute atomic E-state index is 0.642. The van der Waals surface area contributed by atoms with Gasteiger partial charge in [-0.1, -0.05) is 36.9 Å². The molecule has 0 fully saturated rings. The van der Waals surface area contributed by atoms with Gasteiger partial charge in [-0.05, 0) is 41.5 Å². The fourth-order valence-corrected chi connectivity index (χ4v) is 4.97. The molecule has 0 aliphatic carbocycles. The Morgan fingerprint density at radius 2 is 1.60 bits per heavy atom. The average molecular weight is 521 g/mol. The molecule has 7 aromatic rings. The molecule has 0 unspecified atom stereocenters. The summed E-state index contributed by atoms with van der Waals surface area (Å²) in [5, 5.41) is 13.0. The third-order valence-corrected chi connectivity index (χ3v) is 6.87. The number of allylic oxidation sites excluding steroid dienone is 1. The summed E-state index contributed by atoms with van der Waals surface area (Å²) in [6.45, 7) is 4.20. The largest absolute Gasteiger partial charge is 0.358 e. The minimum atomic E-state index is 0.642. The van der Waals surface area contributed by atoms with Crippen molar-refractivity contribution < 1.29 is 0 Å². The number of nitrogens with one attached hydrogen (secondary N) is 3. The van der Waals surface area contributed by atoms with E-state index in [9.17, 15) is 0 Å². The van der Waals surface area contributed by atoms with Gasteiger partial charge in [0.05, 0.1) is 35.0 Å². The third kappa shape index (κ3) is 4.48. The molecule has 0 bridgehead atoms. The Morgan fingerprint density at radius 3 is 2.48 bits per heavy atom. The van der Waals surface area contributed by atoms with Crippen molar-refractivity contribution in [3.05, 3.63) is 122 Å². The van der Waals surface area contributed by atoms with Gasteiger partial charge >= 0.3 is 0 Å². The van der Waals surface area contributed by atoms with Gasteiger partial charge in [0.25, 0.3) is 0 Å². The standard InChI is InChI=1S/C32H24N8/c1-20(11-21-5-3-2-4-6-21)37-25-12-23(15-34-17-25)24-13-27-31(39-40-32(27)36-16-24)29-14-26-28(18-35-19-30(26)38-29)22-7-9-33-10-8-22/h2-10,12-19,37-38H,1,11H2,(H,36,39,40). The molecule has 0 saturated heterocycles. The second kappa shape index (κ2) is 9.92. The summed E-state index contributed by atoms with van der Waals surface area (Å²) < 4.78 is 0. The fourth-order valence-electron chi connectivity index (χ4n) is 4.97. The van der Waals surface area contributed by atoms with E-state index in [1.807, 2.05) is 55.1 Å². The van der Waals surface area contributed by atoms with Crippen LogP contribution in [0.15, 0.2) is 116 Å². The van der Waals surface area contributed by atoms with Crippen LogP contribution >= 0.6 is 0 Å². The molecule has 6 heterocycles. The van der Waals surface area contributed by atoms with Crippen molar-refractivity contribution in [2.24, 2.45) is 0 Å². The first-order chi connectivity index (χ1) is 19.7. The highest BCUT2D eigenvalue weighted by Gasteiger charge is 2.15. The molecule has 0 aliphatic rings. The molecule has 0 atom stereocenters. The highest BCUT2D eigenvalue weighted by molar-refractivity contribution is 6.00. The van der Waals surface area contributed by atoms with Crippen molar-refractivity contribution in [1.82, 2.24) is 35.1 Å². The summed E-state index contributed by atoms with van der Waals surface area (Å²) in [5.41, 5.74) is 10.3. The molecule has 8 heteroatoms. The Balaban J connectivity index is 1.21. The second-order valence-electron chi connectivity index (χ2n) is 9.61. The Labute approximate surface area is 229 Å². The topological polar surface area (TPSA) is 108 Å². The zero-order chi connectivity index (χ0) is 26.9. The van der Waals surface area contributed by atoms with Crippen molar-refractivity contribution in [3.63, 3.8) is 0 Å². The van der Waals surface area contributed by atoms with Crippen LogP contribution in [0.5, 0.6) is 0 Å². The molecule has 1 aromatic carbocycles. The second-order valence-corrected chi connectivity index (χ2v) is 9.61. The number of aromatic nitrogens is 7. The number of nitrogens with zero attached hydrogens (tertiary/aromatic N) is 5. The molecule has 0 amide bonds. The number of pyridine rings is 4. The Hall–Kier alpha value is -5.63. The highest BCUT2D eigenvalue weighted by atomic mass is 15.2. The van der Waals surface area contributed by atoms with Crippen molar-refractivity contribution in [3.8, 4) is 33.6 Å². The molecule has 6 aromatic heterocycles. The van der Waals surface area contributed by atoms with Crippen molar-refractivity contribution >= 4 is 27.6 Å². The maximum absolute atomic E-state index is 4.63. The van der Waals surface area contributed by atoms with E-state index in [1.165, 1.54) is 5.56 Å². The van der Waals surface area contributed by atoms with Crippen LogP contribution < -0.4 is 5.32 Å². The number of aromatic amines is 2. The lowest BCUT2D eigenvalue weighted by atomic mass is 10.0. The smallest absolute Gasteiger partial charge is 0.181 e. The number of anilines is 1. The van der Waals surface area contributed by atoms with Crippen LogP contribution in [0.2, 0.25) is 0 Å². The third-order valence-electron chi connectivity index (χ3n) is 6.87. The van der Waals surface area contributed by atoms with Gasteiger partial charge in [0.15, 0.2) is 5.65 Å². The lowest BCUT2D eigenvalue weighted by Gasteiger charge is -2.11. The van der Waals surface area contributed by atoms with Gasteiger partial charge in [-0.15, -0.1) is 0 Å². The number of benzene rings is 1. The number of hydrogen-bond donors (Lipinski definition) is 3. The van der Waals surface area contributed by atoms with Gasteiger partial charge in [-0.2, -0.15) is 5.10 Å². The first kappa shape index (κ1) is 23.5. The van der Waals surface area contributed by atoms with E-state index in [0.717, 1.165) is 67.7 Å². The Morgan fingerprint density at radius 1 is 0.775 bits per heavy atom. The maximum atomic E-state index is 4.63. The predicted molar refractivity (Wildman–Crippen MR) is 158 cm³/mol. The molecular weight excluding hydrogens is 496 g/mol. The van der Waals surface area contributed by atoms with Gasteiger partial charge in [0.2, 0.25) is 0 Å². The molecule has 0 radical (unpaired) electrons. The molecule has 40 heavy (non-hydrogen) atoms. The quantitative estimate of drug-likeness (QED) is 0.213. The molecule has 0 spiro atoms. The zero-order valence-corrected chi connectivity index (χ0v) is 21.5. The van der Waals surface area contributed by atoms with Crippen LogP contribution in [0.25, 0.3) is 55.6 Å². The molecule has 0 aliphatic heterocycles. The fraction of sp³-hybridized carbons (Fsp3) is 0.0312. The van der Waals surface area contributed by atoms with Crippen LogP contribution in [0.1, 0.15) is 5.56 Å². The lowest BCUT2D eigenvalue weighted by Crippen LogP contribution is -2.02. The van der Waals surface area contributed by atoms with Crippen LogP contribution in [0.4, 0.5) is 5.69 Å². The van der Waals surface area contributed by atoms with Gasteiger partial charge in [-0.25, -0.2) is 4.98 Å². The maximum Gasteiger partial charge on any atom is 0.181 e. The lowest BCUT2D eigenvalue weighted by molar-refractivity contribution is 1.10. The van der Waals surface area contributed by atoms with E-state index in [2.05, 4.69) is 77.3 Å². The summed E-state index contributed by atoms with van der Waals surface area (Å²) in [4.78, 5) is 21.2. The van der Waals surface area contributed by atoms with Crippen LogP contribution in [0, 0.1) is 0 Å². The number of fused-ring (bicyclic) bond motifs is 2.